The lowest BCUT2D eigenvalue weighted by Crippen LogP contribution is -2.31. The molecule has 2 aromatic carbocycles. The van der Waals surface area contributed by atoms with Crippen LogP contribution in [0.1, 0.15) is 61.0 Å². The summed E-state index contributed by atoms with van der Waals surface area (Å²) in [6, 6.07) is 16.5. The van der Waals surface area contributed by atoms with E-state index in [4.69, 9.17) is 10.7 Å². The van der Waals surface area contributed by atoms with Crippen LogP contribution in [0.2, 0.25) is 0 Å². The number of halogens is 2. The molecule has 1 atom stereocenters. The van der Waals surface area contributed by atoms with Crippen molar-refractivity contribution >= 4 is 47.7 Å². The molecule has 35 heavy (non-hydrogen) atoms. The van der Waals surface area contributed by atoms with Gasteiger partial charge >= 0.3 is 0 Å². The van der Waals surface area contributed by atoms with E-state index in [1.165, 1.54) is 11.1 Å². The molecule has 0 aliphatic heterocycles. The number of hydrogen-bond donors (Lipinski definition) is 2. The number of unbranched alkanes of at least 4 members (excludes halogenated alkanes) is 2. The largest absolute Gasteiger partial charge is 0.349 e. The first-order chi connectivity index (χ1) is 16.0. The molecule has 192 valence electrons. The molecule has 0 saturated heterocycles. The smallest absolute Gasteiger partial charge is 0.226 e. The number of aromatic nitrogens is 1. The summed E-state index contributed by atoms with van der Waals surface area (Å²) in [6.07, 6.45) is 4.30. The number of carbonyl (C=O) groups excluding carboxylic acids is 1. The molecule has 3 rings (SSSR count). The molecule has 0 aliphatic rings. The summed E-state index contributed by atoms with van der Waals surface area (Å²) in [5.74, 6) is 0.0390. The molecule has 1 heterocycles. The topological polar surface area (TPSA) is 72.4 Å². The van der Waals surface area contributed by atoms with Crippen molar-refractivity contribution in [2.24, 2.45) is 10.7 Å². The fourth-order valence-corrected chi connectivity index (χ4v) is 5.01. The number of aryl methyl sites for hydroxylation is 2. The predicted octanol–water partition coefficient (Wildman–Crippen LogP) is 6.18. The van der Waals surface area contributed by atoms with Crippen molar-refractivity contribution in [2.75, 3.05) is 6.54 Å². The minimum absolute atomic E-state index is 0. The highest BCUT2D eigenvalue weighted by atomic mass is 35.5. The summed E-state index contributed by atoms with van der Waals surface area (Å²) in [5, 5.41) is 5.29. The van der Waals surface area contributed by atoms with Gasteiger partial charge in [0.2, 0.25) is 5.91 Å². The number of thiazole rings is 1. The Morgan fingerprint density at radius 1 is 1.06 bits per heavy atom. The van der Waals surface area contributed by atoms with E-state index >= 15 is 0 Å². The van der Waals surface area contributed by atoms with Crippen LogP contribution in [0.4, 0.5) is 5.69 Å². The van der Waals surface area contributed by atoms with Crippen molar-refractivity contribution in [2.45, 2.75) is 65.5 Å². The zero-order chi connectivity index (χ0) is 23.6. The zero-order valence-electron chi connectivity index (χ0n) is 20.8. The zero-order valence-corrected chi connectivity index (χ0v) is 23.3. The molecule has 1 unspecified atom stereocenters. The Bertz CT molecular complexity index is 1090. The number of nitrogens with one attached hydrogen (secondary N) is 1. The Kier molecular flexibility index (Phi) is 13.9. The van der Waals surface area contributed by atoms with Gasteiger partial charge in [0.25, 0.3) is 0 Å². The van der Waals surface area contributed by atoms with E-state index in [2.05, 4.69) is 66.4 Å². The van der Waals surface area contributed by atoms with E-state index in [1.807, 2.05) is 18.2 Å². The summed E-state index contributed by atoms with van der Waals surface area (Å²) >= 11 is 1.60. The molecule has 0 radical (unpaired) electrons. The summed E-state index contributed by atoms with van der Waals surface area (Å²) < 4.78 is 2.21. The standard InChI is InChI=1S/C27H36N4OS.2ClH/c1-4-25(22-11-7-5-8-12-22)30-26(32)18-24-19-33-27(31(24)14-10-6-9-13-28)29-23-16-20(2)15-21(3)17-23;;/h5,7-8,11-12,15-17,19,25H,4,6,9-10,13-14,18,28H2,1-3H3,(H,30,32);2*1H. The van der Waals surface area contributed by atoms with E-state index in [-0.39, 0.29) is 36.8 Å². The van der Waals surface area contributed by atoms with Crippen molar-refractivity contribution in [3.8, 4) is 0 Å². The number of benzene rings is 2. The normalized spacial score (nSPS) is 11.9. The second-order valence-electron chi connectivity index (χ2n) is 8.58. The fourth-order valence-electron chi connectivity index (χ4n) is 4.07. The van der Waals surface area contributed by atoms with E-state index in [0.29, 0.717) is 13.0 Å². The maximum absolute atomic E-state index is 13.0. The van der Waals surface area contributed by atoms with Gasteiger partial charge in [-0.3, -0.25) is 4.79 Å². The van der Waals surface area contributed by atoms with Crippen LogP contribution in [0.3, 0.4) is 0 Å². The summed E-state index contributed by atoms with van der Waals surface area (Å²) in [4.78, 5) is 18.8. The molecule has 0 bridgehead atoms. The molecule has 1 aromatic heterocycles. The van der Waals surface area contributed by atoms with Crippen molar-refractivity contribution in [3.05, 3.63) is 81.1 Å². The maximum Gasteiger partial charge on any atom is 0.226 e. The van der Waals surface area contributed by atoms with Gasteiger partial charge in [0.1, 0.15) is 0 Å². The average molecular weight is 538 g/mol. The van der Waals surface area contributed by atoms with Gasteiger partial charge in [-0.25, -0.2) is 4.99 Å². The lowest BCUT2D eigenvalue weighted by Gasteiger charge is -2.18. The Balaban J connectivity index is 0.00000306. The Morgan fingerprint density at radius 2 is 1.74 bits per heavy atom. The van der Waals surface area contributed by atoms with Crippen LogP contribution in [0, 0.1) is 13.8 Å². The molecule has 0 aliphatic carbocycles. The van der Waals surface area contributed by atoms with Crippen LogP contribution >= 0.6 is 36.2 Å². The number of amides is 1. The molecule has 3 aromatic rings. The monoisotopic (exact) mass is 536 g/mol. The van der Waals surface area contributed by atoms with Gasteiger partial charge in [-0.2, -0.15) is 0 Å². The molecule has 1 amide bonds. The van der Waals surface area contributed by atoms with Gasteiger partial charge < -0.3 is 15.6 Å². The Labute approximate surface area is 225 Å². The van der Waals surface area contributed by atoms with Crippen molar-refractivity contribution in [1.82, 2.24) is 9.88 Å². The molecule has 5 nitrogen and oxygen atoms in total. The molecular weight excluding hydrogens is 499 g/mol. The van der Waals surface area contributed by atoms with E-state index < -0.39 is 0 Å². The summed E-state index contributed by atoms with van der Waals surface area (Å²) in [7, 11) is 0. The molecule has 8 heteroatoms. The summed E-state index contributed by atoms with van der Waals surface area (Å²) in [5.41, 5.74) is 11.2. The fraction of sp³-hybridized carbons (Fsp3) is 0.407. The van der Waals surface area contributed by atoms with Crippen LogP contribution in [0.15, 0.2) is 58.9 Å². The lowest BCUT2D eigenvalue weighted by molar-refractivity contribution is -0.121. The molecule has 0 spiro atoms. The van der Waals surface area contributed by atoms with Crippen molar-refractivity contribution in [3.63, 3.8) is 0 Å². The molecule has 0 saturated carbocycles. The first-order valence-corrected chi connectivity index (χ1v) is 12.7. The number of nitrogens with zero attached hydrogens (tertiary/aromatic N) is 2. The van der Waals surface area contributed by atoms with Crippen LogP contribution in [-0.4, -0.2) is 17.0 Å². The van der Waals surface area contributed by atoms with Crippen LogP contribution in [-0.2, 0) is 17.8 Å². The van der Waals surface area contributed by atoms with Crippen LogP contribution in [0.5, 0.6) is 0 Å². The molecule has 0 fully saturated rings. The number of hydrogen-bond acceptors (Lipinski definition) is 4. The van der Waals surface area contributed by atoms with Crippen LogP contribution < -0.4 is 15.9 Å². The highest BCUT2D eigenvalue weighted by Gasteiger charge is 2.15. The van der Waals surface area contributed by atoms with E-state index in [9.17, 15) is 4.79 Å². The third-order valence-corrected chi connectivity index (χ3v) is 6.59. The first-order valence-electron chi connectivity index (χ1n) is 11.8. The van der Waals surface area contributed by atoms with E-state index in [0.717, 1.165) is 54.0 Å². The Morgan fingerprint density at radius 3 is 2.37 bits per heavy atom. The number of rotatable bonds is 11. The SMILES string of the molecule is CCC(NC(=O)Cc1csc(=Nc2cc(C)cc(C)c2)n1CCCCCN)c1ccccc1.Cl.Cl. The minimum atomic E-state index is 0. The van der Waals surface area contributed by atoms with Gasteiger partial charge in [0, 0.05) is 17.6 Å². The maximum atomic E-state index is 13.0. The van der Waals surface area contributed by atoms with E-state index in [1.54, 1.807) is 11.3 Å². The first kappa shape index (κ1) is 30.9. The van der Waals surface area contributed by atoms with Gasteiger partial charge in [-0.15, -0.1) is 36.2 Å². The third kappa shape index (κ3) is 9.45. The van der Waals surface area contributed by atoms with Gasteiger partial charge in [0.05, 0.1) is 18.2 Å². The highest BCUT2D eigenvalue weighted by molar-refractivity contribution is 7.07. The minimum Gasteiger partial charge on any atom is -0.349 e. The average Bonchev–Trinajstić information content (AvgIpc) is 3.15. The quantitative estimate of drug-likeness (QED) is 0.287. The van der Waals surface area contributed by atoms with Crippen molar-refractivity contribution < 1.29 is 4.79 Å². The van der Waals surface area contributed by atoms with Crippen molar-refractivity contribution in [1.29, 1.82) is 0 Å². The third-order valence-electron chi connectivity index (χ3n) is 5.68. The number of carbonyl (C=O) groups is 1. The highest BCUT2D eigenvalue weighted by Crippen LogP contribution is 2.18. The molecular formula is C27H38Cl2N4OS. The van der Waals surface area contributed by atoms with Gasteiger partial charge in [-0.1, -0.05) is 49.7 Å². The predicted molar refractivity (Wildman–Crippen MR) is 152 cm³/mol. The number of nitrogens with two attached hydrogens (primary N) is 1. The second kappa shape index (κ2) is 15.8. The van der Waals surface area contributed by atoms with Crippen LogP contribution in [0.25, 0.3) is 0 Å². The second-order valence-corrected chi connectivity index (χ2v) is 9.42. The molecule has 3 N–H and O–H groups in total. The van der Waals surface area contributed by atoms with Gasteiger partial charge in [0.15, 0.2) is 4.80 Å². The Hall–Kier alpha value is -2.12. The van der Waals surface area contributed by atoms with Gasteiger partial charge in [-0.05, 0) is 68.5 Å². The summed E-state index contributed by atoms with van der Waals surface area (Å²) in [6.45, 7) is 7.83. The lowest BCUT2D eigenvalue weighted by atomic mass is 10.0.